The van der Waals surface area contributed by atoms with Gasteiger partial charge in [0.05, 0.1) is 12.1 Å². The summed E-state index contributed by atoms with van der Waals surface area (Å²) >= 11 is 0. The predicted octanol–water partition coefficient (Wildman–Crippen LogP) is 5.21. The fourth-order valence-corrected chi connectivity index (χ4v) is 2.97. The Morgan fingerprint density at radius 1 is 0.833 bits per heavy atom. The number of amides is 1. The van der Waals surface area contributed by atoms with Gasteiger partial charge < -0.3 is 10.2 Å². The van der Waals surface area contributed by atoms with Gasteiger partial charge in [-0.2, -0.15) is 0 Å². The van der Waals surface area contributed by atoms with Gasteiger partial charge in [0.25, 0.3) is 5.91 Å². The van der Waals surface area contributed by atoms with Crippen LogP contribution in [0.25, 0.3) is 0 Å². The number of carbonyl (C=O) groups is 1. The van der Waals surface area contributed by atoms with E-state index in [1.165, 1.54) is 36.7 Å². The number of aromatic nitrogens is 2. The second kappa shape index (κ2) is 8.96. The van der Waals surface area contributed by atoms with Crippen LogP contribution in [0.4, 0.5) is 21.7 Å². The van der Waals surface area contributed by atoms with Crippen LogP contribution in [0.1, 0.15) is 15.9 Å². The van der Waals surface area contributed by atoms with Crippen LogP contribution in [-0.2, 0) is 6.54 Å². The van der Waals surface area contributed by atoms with Crippen molar-refractivity contribution in [1.82, 2.24) is 9.97 Å². The highest BCUT2D eigenvalue weighted by molar-refractivity contribution is 6.03. The predicted molar refractivity (Wildman–Crippen MR) is 115 cm³/mol. The molecule has 0 atom stereocenters. The summed E-state index contributed by atoms with van der Waals surface area (Å²) in [5, 5.41) is 2.71. The van der Waals surface area contributed by atoms with Gasteiger partial charge in [-0.1, -0.05) is 48.5 Å². The minimum atomic E-state index is -0.361. The van der Waals surface area contributed by atoms with Crippen LogP contribution < -0.4 is 10.2 Å². The Morgan fingerprint density at radius 3 is 2.07 bits per heavy atom. The first kappa shape index (κ1) is 19.3. The van der Waals surface area contributed by atoms with Gasteiger partial charge in [0.1, 0.15) is 5.82 Å². The molecule has 0 aliphatic rings. The van der Waals surface area contributed by atoms with E-state index in [2.05, 4.69) is 15.3 Å². The van der Waals surface area contributed by atoms with Crippen molar-refractivity contribution >= 4 is 23.2 Å². The van der Waals surface area contributed by atoms with E-state index in [4.69, 9.17) is 0 Å². The lowest BCUT2D eigenvalue weighted by Crippen LogP contribution is -2.20. The van der Waals surface area contributed by atoms with Crippen LogP contribution in [-0.4, -0.2) is 15.9 Å². The Morgan fingerprint density at radius 2 is 1.43 bits per heavy atom. The molecular formula is C24H19FN4O. The van der Waals surface area contributed by atoms with Gasteiger partial charge in [-0.25, -0.2) is 14.4 Å². The third-order valence-corrected chi connectivity index (χ3v) is 4.50. The van der Waals surface area contributed by atoms with Crippen molar-refractivity contribution in [3.05, 3.63) is 114 Å². The van der Waals surface area contributed by atoms with Crippen LogP contribution in [0.2, 0.25) is 0 Å². The van der Waals surface area contributed by atoms with Gasteiger partial charge in [0, 0.05) is 23.8 Å². The number of rotatable bonds is 6. The zero-order valence-electron chi connectivity index (χ0n) is 16.1. The molecule has 4 rings (SSSR count). The van der Waals surface area contributed by atoms with Crippen molar-refractivity contribution in [2.24, 2.45) is 0 Å². The SMILES string of the molecule is O=C(Nc1ccc(F)cc1)c1cnc(N(Cc2ccccc2)c2ccccc2)nc1. The van der Waals surface area contributed by atoms with Gasteiger partial charge >= 0.3 is 0 Å². The highest BCUT2D eigenvalue weighted by Crippen LogP contribution is 2.24. The van der Waals surface area contributed by atoms with Gasteiger partial charge in [0.2, 0.25) is 5.95 Å². The largest absolute Gasteiger partial charge is 0.322 e. The van der Waals surface area contributed by atoms with Gasteiger partial charge in [-0.05, 0) is 42.0 Å². The van der Waals surface area contributed by atoms with Gasteiger partial charge in [-0.3, -0.25) is 4.79 Å². The van der Waals surface area contributed by atoms with E-state index in [9.17, 15) is 9.18 Å². The zero-order chi connectivity index (χ0) is 20.8. The maximum atomic E-state index is 13.0. The van der Waals surface area contributed by atoms with E-state index in [1.54, 1.807) is 0 Å². The third-order valence-electron chi connectivity index (χ3n) is 4.50. The molecule has 1 aromatic heterocycles. The smallest absolute Gasteiger partial charge is 0.258 e. The molecule has 0 fully saturated rings. The second-order valence-electron chi connectivity index (χ2n) is 6.64. The average molecular weight is 398 g/mol. The highest BCUT2D eigenvalue weighted by atomic mass is 19.1. The number of nitrogens with zero attached hydrogens (tertiary/aromatic N) is 3. The van der Waals surface area contributed by atoms with E-state index >= 15 is 0 Å². The summed E-state index contributed by atoms with van der Waals surface area (Å²) in [6.07, 6.45) is 2.98. The Labute approximate surface area is 173 Å². The Kier molecular flexibility index (Phi) is 5.75. The number of anilines is 3. The summed E-state index contributed by atoms with van der Waals surface area (Å²) < 4.78 is 13.0. The Balaban J connectivity index is 1.56. The topological polar surface area (TPSA) is 58.1 Å². The summed E-state index contributed by atoms with van der Waals surface area (Å²) in [6.45, 7) is 0.589. The first-order valence-electron chi connectivity index (χ1n) is 9.44. The van der Waals surface area contributed by atoms with Crippen LogP contribution in [0.5, 0.6) is 0 Å². The van der Waals surface area contributed by atoms with Crippen LogP contribution in [0.3, 0.4) is 0 Å². The number of carbonyl (C=O) groups excluding carboxylic acids is 1. The fraction of sp³-hybridized carbons (Fsp3) is 0.0417. The lowest BCUT2D eigenvalue weighted by Gasteiger charge is -2.23. The molecule has 0 saturated carbocycles. The molecule has 1 N–H and O–H groups in total. The Hall–Kier alpha value is -4.06. The van der Waals surface area contributed by atoms with E-state index < -0.39 is 0 Å². The molecule has 0 unspecified atom stereocenters. The number of hydrogen-bond acceptors (Lipinski definition) is 4. The molecule has 4 aromatic rings. The lowest BCUT2D eigenvalue weighted by molar-refractivity contribution is 0.102. The van der Waals surface area contributed by atoms with Crippen molar-refractivity contribution in [2.75, 3.05) is 10.2 Å². The monoisotopic (exact) mass is 398 g/mol. The molecule has 0 saturated heterocycles. The third kappa shape index (κ3) is 4.67. The van der Waals surface area contributed by atoms with Crippen LogP contribution in [0.15, 0.2) is 97.3 Å². The van der Waals surface area contributed by atoms with Crippen molar-refractivity contribution in [3.8, 4) is 0 Å². The first-order valence-corrected chi connectivity index (χ1v) is 9.44. The quantitative estimate of drug-likeness (QED) is 0.485. The lowest BCUT2D eigenvalue weighted by atomic mass is 10.2. The molecule has 6 heteroatoms. The van der Waals surface area contributed by atoms with E-state index in [0.717, 1.165) is 11.3 Å². The normalized spacial score (nSPS) is 10.4. The van der Waals surface area contributed by atoms with Gasteiger partial charge in [-0.15, -0.1) is 0 Å². The molecule has 1 amide bonds. The molecule has 30 heavy (non-hydrogen) atoms. The summed E-state index contributed by atoms with van der Waals surface area (Å²) in [7, 11) is 0. The van der Waals surface area contributed by atoms with Gasteiger partial charge in [0.15, 0.2) is 0 Å². The van der Waals surface area contributed by atoms with E-state index in [0.29, 0.717) is 23.7 Å². The molecule has 1 heterocycles. The van der Waals surface area contributed by atoms with E-state index in [-0.39, 0.29) is 11.7 Å². The molecule has 3 aromatic carbocycles. The highest BCUT2D eigenvalue weighted by Gasteiger charge is 2.14. The van der Waals surface area contributed by atoms with Crippen molar-refractivity contribution < 1.29 is 9.18 Å². The minimum Gasteiger partial charge on any atom is -0.322 e. The fourth-order valence-electron chi connectivity index (χ4n) is 2.97. The molecule has 5 nitrogen and oxygen atoms in total. The number of para-hydroxylation sites is 1. The molecular weight excluding hydrogens is 379 g/mol. The number of nitrogens with one attached hydrogen (secondary N) is 1. The maximum absolute atomic E-state index is 13.0. The number of halogens is 1. The summed E-state index contributed by atoms with van der Waals surface area (Å²) in [5.74, 6) is -0.231. The minimum absolute atomic E-state index is 0.316. The molecule has 0 spiro atoms. The molecule has 0 bridgehead atoms. The average Bonchev–Trinajstić information content (AvgIpc) is 2.80. The Bertz CT molecular complexity index is 1100. The summed E-state index contributed by atoms with van der Waals surface area (Å²) in [4.78, 5) is 23.3. The molecule has 0 aliphatic carbocycles. The molecule has 148 valence electrons. The molecule has 0 aliphatic heterocycles. The first-order chi connectivity index (χ1) is 14.7. The summed E-state index contributed by atoms with van der Waals surface area (Å²) in [5.41, 5.74) is 2.88. The number of benzene rings is 3. The van der Waals surface area contributed by atoms with Crippen molar-refractivity contribution in [1.29, 1.82) is 0 Å². The van der Waals surface area contributed by atoms with Crippen LogP contribution >= 0.6 is 0 Å². The second-order valence-corrected chi connectivity index (χ2v) is 6.64. The standard InChI is InChI=1S/C24H19FN4O/c25-20-11-13-21(14-12-20)28-23(30)19-15-26-24(27-16-19)29(22-9-5-2-6-10-22)17-18-7-3-1-4-8-18/h1-16H,17H2,(H,28,30). The van der Waals surface area contributed by atoms with Crippen LogP contribution in [0, 0.1) is 5.82 Å². The number of hydrogen-bond donors (Lipinski definition) is 1. The van der Waals surface area contributed by atoms with Crippen molar-refractivity contribution in [2.45, 2.75) is 6.54 Å². The zero-order valence-corrected chi connectivity index (χ0v) is 16.1. The van der Waals surface area contributed by atoms with Crippen molar-refractivity contribution in [3.63, 3.8) is 0 Å². The maximum Gasteiger partial charge on any atom is 0.258 e. The van der Waals surface area contributed by atoms with E-state index in [1.807, 2.05) is 65.6 Å². The molecule has 0 radical (unpaired) electrons. The summed E-state index contributed by atoms with van der Waals surface area (Å²) in [6, 6.07) is 25.4.